The van der Waals surface area contributed by atoms with E-state index in [-0.39, 0.29) is 36.0 Å². The minimum Gasteiger partial charge on any atom is -0.480 e. The number of carboxylic acid groups (broad SMARTS) is 1. The summed E-state index contributed by atoms with van der Waals surface area (Å²) in [7, 11) is 0. The smallest absolute Gasteiger partial charge is 0.416 e. The molecule has 0 unspecified atom stereocenters. The molecular weight excluding hydrogens is 465 g/mol. The quantitative estimate of drug-likeness (QED) is 0.545. The van der Waals surface area contributed by atoms with Gasteiger partial charge in [-0.1, -0.05) is 25.3 Å². The summed E-state index contributed by atoms with van der Waals surface area (Å²) in [6, 6.07) is 4.79. The Kier molecular flexibility index (Phi) is 7.21. The maximum Gasteiger partial charge on any atom is 0.416 e. The first kappa shape index (κ1) is 25.2. The van der Waals surface area contributed by atoms with Crippen molar-refractivity contribution in [3.8, 4) is 11.5 Å². The van der Waals surface area contributed by atoms with E-state index in [2.05, 4.69) is 10.3 Å². The minimum absolute atomic E-state index is 0.0867. The molecule has 2 N–H and O–H groups in total. The second-order valence-corrected chi connectivity index (χ2v) is 9.48. The second-order valence-electron chi connectivity index (χ2n) is 9.48. The Morgan fingerprint density at radius 2 is 1.97 bits per heavy atom. The van der Waals surface area contributed by atoms with Crippen molar-refractivity contribution in [2.24, 2.45) is 5.92 Å². The zero-order chi connectivity index (χ0) is 25.2. The molecule has 2 aromatic rings. The number of carbonyl (C=O) groups is 2. The molecule has 0 spiro atoms. The van der Waals surface area contributed by atoms with Crippen LogP contribution in [0.4, 0.5) is 13.2 Å². The highest BCUT2D eigenvalue weighted by Gasteiger charge is 2.44. The summed E-state index contributed by atoms with van der Waals surface area (Å²) < 4.78 is 50.7. The molecule has 0 bridgehead atoms. The van der Waals surface area contributed by atoms with Gasteiger partial charge in [-0.15, -0.1) is 0 Å². The van der Waals surface area contributed by atoms with Gasteiger partial charge in [0.2, 0.25) is 11.8 Å². The van der Waals surface area contributed by atoms with Crippen molar-refractivity contribution in [2.75, 3.05) is 0 Å². The fraction of sp³-hybridized carbons (Fsp3) is 0.560. The number of benzene rings is 1. The molecule has 1 aromatic carbocycles. The van der Waals surface area contributed by atoms with Gasteiger partial charge < -0.3 is 19.6 Å². The molecule has 1 heterocycles. The molecule has 1 amide bonds. The van der Waals surface area contributed by atoms with Crippen LogP contribution in [-0.4, -0.2) is 33.6 Å². The average molecular weight is 495 g/mol. The number of carboxylic acids is 1. The van der Waals surface area contributed by atoms with E-state index in [1.165, 1.54) is 12.1 Å². The standard InChI is InChI=1S/C25H29F3N2O5/c1-15-20(29-22(35-15)17-7-4-8-18(12-17)25(26,27)28)14-34-19-9-5-6-16(13-19)21(31)30-24(23(32)33)10-2-3-11-24/h4,7-8,12,16,19H,2-3,5-6,9-11,13-14H2,1H3,(H,30,31)(H,32,33)/t16-,19+/m0/s1. The number of carbonyl (C=O) groups excluding carboxylic acids is 1. The summed E-state index contributed by atoms with van der Waals surface area (Å²) in [6.45, 7) is 1.78. The first-order valence-corrected chi connectivity index (χ1v) is 11.9. The zero-order valence-electron chi connectivity index (χ0n) is 19.5. The van der Waals surface area contributed by atoms with Crippen molar-refractivity contribution < 1.29 is 37.0 Å². The lowest BCUT2D eigenvalue weighted by Gasteiger charge is -2.32. The van der Waals surface area contributed by atoms with E-state index in [9.17, 15) is 27.9 Å². The molecule has 2 saturated carbocycles. The van der Waals surface area contributed by atoms with Gasteiger partial charge in [0.1, 0.15) is 17.0 Å². The Morgan fingerprint density at radius 3 is 2.66 bits per heavy atom. The van der Waals surface area contributed by atoms with Gasteiger partial charge in [-0.2, -0.15) is 13.2 Å². The number of amides is 1. The summed E-state index contributed by atoms with van der Waals surface area (Å²) >= 11 is 0. The Labute approximate surface area is 201 Å². The summed E-state index contributed by atoms with van der Waals surface area (Å²) in [6.07, 6.45) is 0.447. The summed E-state index contributed by atoms with van der Waals surface area (Å²) in [5.41, 5.74) is -1.23. The highest BCUT2D eigenvalue weighted by molar-refractivity contribution is 5.88. The largest absolute Gasteiger partial charge is 0.480 e. The molecule has 2 aliphatic carbocycles. The first-order valence-electron chi connectivity index (χ1n) is 11.9. The molecule has 4 rings (SSSR count). The fourth-order valence-electron chi connectivity index (χ4n) is 4.95. The number of nitrogens with one attached hydrogen (secondary N) is 1. The van der Waals surface area contributed by atoms with Gasteiger partial charge in [0.05, 0.1) is 18.3 Å². The van der Waals surface area contributed by atoms with Gasteiger partial charge in [0.25, 0.3) is 0 Å². The molecule has 0 saturated heterocycles. The summed E-state index contributed by atoms with van der Waals surface area (Å²) in [5.74, 6) is -1.02. The molecular formula is C25H29F3N2O5. The minimum atomic E-state index is -4.46. The van der Waals surface area contributed by atoms with Crippen LogP contribution in [0.25, 0.3) is 11.5 Å². The maximum absolute atomic E-state index is 13.0. The number of aromatic nitrogens is 1. The van der Waals surface area contributed by atoms with E-state index < -0.39 is 23.2 Å². The van der Waals surface area contributed by atoms with E-state index in [0.29, 0.717) is 37.1 Å². The molecule has 0 aliphatic heterocycles. The lowest BCUT2D eigenvalue weighted by atomic mass is 9.85. The van der Waals surface area contributed by atoms with E-state index in [0.717, 1.165) is 37.8 Å². The number of rotatable bonds is 7. The third-order valence-corrected chi connectivity index (χ3v) is 7.01. The number of aliphatic carboxylic acids is 1. The van der Waals surface area contributed by atoms with E-state index >= 15 is 0 Å². The second kappa shape index (κ2) is 10.0. The van der Waals surface area contributed by atoms with Crippen molar-refractivity contribution >= 4 is 11.9 Å². The van der Waals surface area contributed by atoms with Crippen LogP contribution < -0.4 is 5.32 Å². The average Bonchev–Trinajstić information content (AvgIpc) is 3.45. The Hall–Kier alpha value is -2.88. The Morgan fingerprint density at radius 1 is 1.23 bits per heavy atom. The van der Waals surface area contributed by atoms with Gasteiger partial charge in [0, 0.05) is 11.5 Å². The lowest BCUT2D eigenvalue weighted by molar-refractivity contribution is -0.148. The van der Waals surface area contributed by atoms with Gasteiger partial charge in [-0.25, -0.2) is 9.78 Å². The molecule has 0 radical (unpaired) electrons. The number of nitrogens with zero attached hydrogens (tertiary/aromatic N) is 1. The van der Waals surface area contributed by atoms with Crippen LogP contribution in [0.5, 0.6) is 0 Å². The number of oxazole rings is 1. The molecule has 35 heavy (non-hydrogen) atoms. The fourth-order valence-corrected chi connectivity index (χ4v) is 4.95. The van der Waals surface area contributed by atoms with Crippen molar-refractivity contribution in [2.45, 2.75) is 82.7 Å². The van der Waals surface area contributed by atoms with E-state index in [1.807, 2.05) is 0 Å². The van der Waals surface area contributed by atoms with Crippen LogP contribution in [-0.2, 0) is 27.1 Å². The monoisotopic (exact) mass is 494 g/mol. The predicted molar refractivity (Wildman–Crippen MR) is 119 cm³/mol. The van der Waals surface area contributed by atoms with Crippen LogP contribution in [0.1, 0.15) is 68.4 Å². The van der Waals surface area contributed by atoms with Crippen LogP contribution in [0.2, 0.25) is 0 Å². The van der Waals surface area contributed by atoms with Crippen LogP contribution >= 0.6 is 0 Å². The zero-order valence-corrected chi connectivity index (χ0v) is 19.5. The number of hydrogen-bond acceptors (Lipinski definition) is 5. The lowest BCUT2D eigenvalue weighted by Crippen LogP contribution is -2.54. The maximum atomic E-state index is 13.0. The molecule has 1 aromatic heterocycles. The van der Waals surface area contributed by atoms with E-state index in [4.69, 9.17) is 9.15 Å². The molecule has 2 fully saturated rings. The van der Waals surface area contributed by atoms with E-state index in [1.54, 1.807) is 6.92 Å². The van der Waals surface area contributed by atoms with Gasteiger partial charge >= 0.3 is 12.1 Å². The number of hydrogen-bond donors (Lipinski definition) is 2. The number of alkyl halides is 3. The highest BCUT2D eigenvalue weighted by Crippen LogP contribution is 2.34. The van der Waals surface area contributed by atoms with Gasteiger partial charge in [0.15, 0.2) is 0 Å². The molecule has 10 heteroatoms. The Bertz CT molecular complexity index is 1080. The van der Waals surface area contributed by atoms with Crippen LogP contribution in [0.3, 0.4) is 0 Å². The topological polar surface area (TPSA) is 102 Å². The molecule has 7 nitrogen and oxygen atoms in total. The van der Waals surface area contributed by atoms with Gasteiger partial charge in [-0.05, 0) is 57.2 Å². The van der Waals surface area contributed by atoms with Crippen molar-refractivity contribution in [3.63, 3.8) is 0 Å². The third-order valence-electron chi connectivity index (χ3n) is 7.01. The first-order chi connectivity index (χ1) is 16.6. The SMILES string of the molecule is Cc1oc(-c2cccc(C(F)(F)F)c2)nc1CO[C@@H]1CCC[C@H](C(=O)NC2(C(=O)O)CCCC2)C1. The highest BCUT2D eigenvalue weighted by atomic mass is 19.4. The summed E-state index contributed by atoms with van der Waals surface area (Å²) in [5, 5.41) is 12.4. The van der Waals surface area contributed by atoms with Crippen molar-refractivity contribution in [3.05, 3.63) is 41.3 Å². The number of ether oxygens (including phenoxy) is 1. The van der Waals surface area contributed by atoms with Crippen molar-refractivity contribution in [1.29, 1.82) is 0 Å². The van der Waals surface area contributed by atoms with Gasteiger partial charge in [-0.3, -0.25) is 4.79 Å². The number of aryl methyl sites for hydroxylation is 1. The predicted octanol–water partition coefficient (Wildman–Crippen LogP) is 5.26. The summed E-state index contributed by atoms with van der Waals surface area (Å²) in [4.78, 5) is 29.0. The molecule has 2 aliphatic rings. The van der Waals surface area contributed by atoms with Crippen LogP contribution in [0, 0.1) is 12.8 Å². The third kappa shape index (κ3) is 5.69. The van der Waals surface area contributed by atoms with Crippen molar-refractivity contribution in [1.82, 2.24) is 10.3 Å². The number of halogens is 3. The molecule has 2 atom stereocenters. The van der Waals surface area contributed by atoms with Crippen LogP contribution in [0.15, 0.2) is 28.7 Å². The Balaban J connectivity index is 1.37. The molecule has 190 valence electrons. The normalized spacial score (nSPS) is 22.2.